The first kappa shape index (κ1) is 21.2. The Morgan fingerprint density at radius 2 is 1.97 bits per heavy atom. The molecule has 2 N–H and O–H groups in total. The minimum atomic E-state index is -0.0631. The maximum atomic E-state index is 12.6. The predicted octanol–water partition coefficient (Wildman–Crippen LogP) is 3.93. The maximum Gasteiger partial charge on any atom is 0.233 e. The lowest BCUT2D eigenvalue weighted by atomic mass is 9.96. The van der Waals surface area contributed by atoms with E-state index in [-0.39, 0.29) is 17.7 Å². The summed E-state index contributed by atoms with van der Waals surface area (Å²) in [5, 5.41) is 3.68. The summed E-state index contributed by atoms with van der Waals surface area (Å²) in [5.74, 6) is 1.15. The first-order valence-electron chi connectivity index (χ1n) is 10.5. The van der Waals surface area contributed by atoms with E-state index in [2.05, 4.69) is 15.3 Å². The number of anilines is 1. The topological polar surface area (TPSA) is 87.3 Å². The Morgan fingerprint density at radius 1 is 1.19 bits per heavy atom. The number of amides is 2. The molecule has 162 valence electrons. The summed E-state index contributed by atoms with van der Waals surface area (Å²) in [6.07, 6.45) is 1.36. The molecule has 1 aromatic heterocycles. The van der Waals surface area contributed by atoms with Crippen molar-refractivity contribution in [2.24, 2.45) is 5.92 Å². The molecular formula is C23H26N4O3S. The van der Waals surface area contributed by atoms with Crippen molar-refractivity contribution in [1.29, 1.82) is 0 Å². The highest BCUT2D eigenvalue weighted by Crippen LogP contribution is 2.25. The number of hydrogen-bond acceptors (Lipinski definition) is 5. The van der Waals surface area contributed by atoms with Crippen LogP contribution in [-0.4, -0.2) is 52.1 Å². The zero-order chi connectivity index (χ0) is 21.6. The van der Waals surface area contributed by atoms with E-state index in [1.807, 2.05) is 60.4 Å². The molecule has 0 saturated carbocycles. The fraction of sp³-hybridized carbons (Fsp3) is 0.348. The SMILES string of the molecule is CCOc1ccc2nc(SCC(=O)N3CCC(C(=O)Nc4ccccc4)CC3)[nH]c2c1. The van der Waals surface area contributed by atoms with Crippen LogP contribution >= 0.6 is 11.8 Å². The highest BCUT2D eigenvalue weighted by molar-refractivity contribution is 7.99. The number of aromatic amines is 1. The fourth-order valence-electron chi connectivity index (χ4n) is 3.67. The molecule has 1 fully saturated rings. The van der Waals surface area contributed by atoms with Crippen molar-refractivity contribution < 1.29 is 14.3 Å². The van der Waals surface area contributed by atoms with Gasteiger partial charge in [-0.15, -0.1) is 0 Å². The molecule has 2 aromatic carbocycles. The zero-order valence-corrected chi connectivity index (χ0v) is 18.3. The number of fused-ring (bicyclic) bond motifs is 1. The Kier molecular flexibility index (Phi) is 6.76. The van der Waals surface area contributed by atoms with E-state index < -0.39 is 0 Å². The molecule has 1 saturated heterocycles. The van der Waals surface area contributed by atoms with Gasteiger partial charge in [-0.25, -0.2) is 4.98 Å². The summed E-state index contributed by atoms with van der Waals surface area (Å²) in [7, 11) is 0. The summed E-state index contributed by atoms with van der Waals surface area (Å²) >= 11 is 1.40. The number of carbonyl (C=O) groups excluding carboxylic acids is 2. The number of imidazole rings is 1. The molecule has 2 heterocycles. The average molecular weight is 439 g/mol. The van der Waals surface area contributed by atoms with Crippen molar-refractivity contribution in [2.75, 3.05) is 30.8 Å². The summed E-state index contributed by atoms with van der Waals surface area (Å²) < 4.78 is 5.52. The third-order valence-electron chi connectivity index (χ3n) is 5.33. The number of nitrogens with one attached hydrogen (secondary N) is 2. The molecule has 0 radical (unpaired) electrons. The number of carbonyl (C=O) groups is 2. The summed E-state index contributed by atoms with van der Waals surface area (Å²) in [6.45, 7) is 3.76. The molecule has 1 aliphatic heterocycles. The minimum absolute atomic E-state index is 0.0290. The summed E-state index contributed by atoms with van der Waals surface area (Å²) in [5.41, 5.74) is 2.55. The van der Waals surface area contributed by atoms with Crippen molar-refractivity contribution in [3.8, 4) is 5.75 Å². The van der Waals surface area contributed by atoms with Gasteiger partial charge in [-0.3, -0.25) is 9.59 Å². The molecule has 2 amide bonds. The molecular weight excluding hydrogens is 412 g/mol. The minimum Gasteiger partial charge on any atom is -0.494 e. The number of benzene rings is 2. The van der Waals surface area contributed by atoms with Crippen LogP contribution in [0.5, 0.6) is 5.75 Å². The lowest BCUT2D eigenvalue weighted by Crippen LogP contribution is -2.42. The third-order valence-corrected chi connectivity index (χ3v) is 6.19. The Morgan fingerprint density at radius 3 is 2.71 bits per heavy atom. The molecule has 0 bridgehead atoms. The van der Waals surface area contributed by atoms with E-state index in [4.69, 9.17) is 4.74 Å². The van der Waals surface area contributed by atoms with Crippen LogP contribution in [-0.2, 0) is 9.59 Å². The van der Waals surface area contributed by atoms with E-state index in [0.29, 0.717) is 43.4 Å². The van der Waals surface area contributed by atoms with Crippen LogP contribution in [0.25, 0.3) is 11.0 Å². The van der Waals surface area contributed by atoms with Gasteiger partial charge in [0.05, 0.1) is 23.4 Å². The number of piperidine rings is 1. The van der Waals surface area contributed by atoms with Gasteiger partial charge in [0.15, 0.2) is 5.16 Å². The first-order chi connectivity index (χ1) is 15.1. The van der Waals surface area contributed by atoms with Gasteiger partial charge >= 0.3 is 0 Å². The number of ether oxygens (including phenoxy) is 1. The van der Waals surface area contributed by atoms with E-state index in [1.165, 1.54) is 11.8 Å². The van der Waals surface area contributed by atoms with Crippen LogP contribution < -0.4 is 10.1 Å². The van der Waals surface area contributed by atoms with E-state index in [9.17, 15) is 9.59 Å². The van der Waals surface area contributed by atoms with Gasteiger partial charge in [-0.05, 0) is 44.0 Å². The van der Waals surface area contributed by atoms with Crippen molar-refractivity contribution in [1.82, 2.24) is 14.9 Å². The van der Waals surface area contributed by atoms with E-state index >= 15 is 0 Å². The van der Waals surface area contributed by atoms with Gasteiger partial charge in [0.2, 0.25) is 11.8 Å². The van der Waals surface area contributed by atoms with E-state index in [1.54, 1.807) is 0 Å². The number of likely N-dealkylation sites (tertiary alicyclic amines) is 1. The van der Waals surface area contributed by atoms with Crippen molar-refractivity contribution in [2.45, 2.75) is 24.9 Å². The molecule has 7 nitrogen and oxygen atoms in total. The maximum absolute atomic E-state index is 12.6. The lowest BCUT2D eigenvalue weighted by Gasteiger charge is -2.31. The quantitative estimate of drug-likeness (QED) is 0.546. The largest absolute Gasteiger partial charge is 0.494 e. The summed E-state index contributed by atoms with van der Waals surface area (Å²) in [6, 6.07) is 15.2. The van der Waals surface area contributed by atoms with Crippen LogP contribution in [0.15, 0.2) is 53.7 Å². The molecule has 1 aliphatic rings. The van der Waals surface area contributed by atoms with Crippen molar-refractivity contribution >= 4 is 40.3 Å². The molecule has 8 heteroatoms. The zero-order valence-electron chi connectivity index (χ0n) is 17.5. The van der Waals surface area contributed by atoms with Crippen LogP contribution in [0, 0.1) is 5.92 Å². The molecule has 3 aromatic rings. The smallest absolute Gasteiger partial charge is 0.233 e. The number of hydrogen-bond donors (Lipinski definition) is 2. The second-order valence-corrected chi connectivity index (χ2v) is 8.42. The fourth-order valence-corrected chi connectivity index (χ4v) is 4.46. The Hall–Kier alpha value is -3.00. The standard InChI is InChI=1S/C23H26N4O3S/c1-2-30-18-8-9-19-20(14-18)26-23(25-19)31-15-21(28)27-12-10-16(11-13-27)22(29)24-17-6-4-3-5-7-17/h3-9,14,16H,2,10-13,15H2,1H3,(H,24,29)(H,25,26). The Labute approximate surface area is 185 Å². The number of para-hydroxylation sites is 1. The van der Waals surface area contributed by atoms with Crippen molar-refractivity contribution in [3.63, 3.8) is 0 Å². The average Bonchev–Trinajstić information content (AvgIpc) is 3.21. The number of nitrogens with zero attached hydrogens (tertiary/aromatic N) is 2. The first-order valence-corrected chi connectivity index (χ1v) is 11.5. The second kappa shape index (κ2) is 9.87. The van der Waals surface area contributed by atoms with Gasteiger partial charge < -0.3 is 19.9 Å². The molecule has 4 rings (SSSR count). The van der Waals surface area contributed by atoms with Crippen LogP contribution in [0.3, 0.4) is 0 Å². The van der Waals surface area contributed by atoms with Crippen molar-refractivity contribution in [3.05, 3.63) is 48.5 Å². The highest BCUT2D eigenvalue weighted by atomic mass is 32.2. The second-order valence-electron chi connectivity index (χ2n) is 7.45. The number of rotatable bonds is 7. The predicted molar refractivity (Wildman–Crippen MR) is 122 cm³/mol. The highest BCUT2D eigenvalue weighted by Gasteiger charge is 2.27. The van der Waals surface area contributed by atoms with Gasteiger partial charge in [-0.2, -0.15) is 0 Å². The van der Waals surface area contributed by atoms with Crippen LogP contribution in [0.1, 0.15) is 19.8 Å². The van der Waals surface area contributed by atoms with Crippen LogP contribution in [0.2, 0.25) is 0 Å². The molecule has 31 heavy (non-hydrogen) atoms. The summed E-state index contributed by atoms with van der Waals surface area (Å²) in [4.78, 5) is 34.7. The van der Waals surface area contributed by atoms with Crippen LogP contribution in [0.4, 0.5) is 5.69 Å². The lowest BCUT2D eigenvalue weighted by molar-refractivity contribution is -0.132. The number of aromatic nitrogens is 2. The molecule has 0 spiro atoms. The molecule has 0 aliphatic carbocycles. The van der Waals surface area contributed by atoms with Gasteiger partial charge in [0.25, 0.3) is 0 Å². The van der Waals surface area contributed by atoms with Gasteiger partial charge in [-0.1, -0.05) is 30.0 Å². The van der Waals surface area contributed by atoms with Gasteiger partial charge in [0.1, 0.15) is 5.75 Å². The number of H-pyrrole nitrogens is 1. The molecule has 0 unspecified atom stereocenters. The monoisotopic (exact) mass is 438 g/mol. The third kappa shape index (κ3) is 5.38. The van der Waals surface area contributed by atoms with E-state index in [0.717, 1.165) is 22.5 Å². The van der Waals surface area contributed by atoms with Gasteiger partial charge in [0, 0.05) is 30.8 Å². The number of thioether (sulfide) groups is 1. The Balaban J connectivity index is 1.25. The molecule has 0 atom stereocenters. The normalized spacial score (nSPS) is 14.5. The Bertz CT molecular complexity index is 1050.